The van der Waals surface area contributed by atoms with E-state index in [1.54, 1.807) is 9.80 Å². The van der Waals surface area contributed by atoms with Gasteiger partial charge in [-0.25, -0.2) is 0 Å². The molecule has 3 aliphatic rings. The summed E-state index contributed by atoms with van der Waals surface area (Å²) in [5.74, 6) is 0.0551. The molecule has 2 amide bonds. The average Bonchev–Trinajstić information content (AvgIpc) is 3.18. The van der Waals surface area contributed by atoms with Gasteiger partial charge in [0.2, 0.25) is 11.8 Å². The second kappa shape index (κ2) is 7.04. The number of rotatable bonds is 4. The fourth-order valence-electron chi connectivity index (χ4n) is 4.29. The molecule has 3 fully saturated rings. The Balaban J connectivity index is 1.32. The number of carbonyl (C=O) groups excluding carboxylic acids is 2. The molecule has 3 aliphatic heterocycles. The minimum atomic E-state index is -0.432. The lowest BCUT2D eigenvalue weighted by molar-refractivity contribution is -0.255. The highest BCUT2D eigenvalue weighted by Gasteiger charge is 2.54. The van der Waals surface area contributed by atoms with Crippen LogP contribution in [-0.2, 0) is 32.2 Å². The molecule has 144 valence electrons. The Morgan fingerprint density at radius 3 is 1.46 bits per heavy atom. The fraction of sp³-hybridized carbons (Fsp3) is 0.364. The van der Waals surface area contributed by atoms with E-state index in [1.165, 1.54) is 0 Å². The van der Waals surface area contributed by atoms with Crippen molar-refractivity contribution in [2.24, 2.45) is 0 Å². The summed E-state index contributed by atoms with van der Waals surface area (Å²) >= 11 is 0. The zero-order chi connectivity index (χ0) is 19.1. The third kappa shape index (κ3) is 3.08. The maximum atomic E-state index is 12.6. The summed E-state index contributed by atoms with van der Waals surface area (Å²) in [7, 11) is 0. The van der Waals surface area contributed by atoms with Gasteiger partial charge >= 0.3 is 0 Å². The van der Waals surface area contributed by atoms with E-state index in [9.17, 15) is 9.59 Å². The zero-order valence-corrected chi connectivity index (χ0v) is 15.4. The number of nitrogens with zero attached hydrogens (tertiary/aromatic N) is 2. The van der Waals surface area contributed by atoms with Crippen LogP contribution in [0.2, 0.25) is 0 Å². The number of fused-ring (bicyclic) bond motifs is 2. The minimum Gasteiger partial charge on any atom is -0.347 e. The van der Waals surface area contributed by atoms with E-state index in [0.29, 0.717) is 13.1 Å². The van der Waals surface area contributed by atoms with E-state index in [4.69, 9.17) is 9.47 Å². The second-order valence-corrected chi connectivity index (χ2v) is 7.55. The molecular weight excluding hydrogens is 356 g/mol. The van der Waals surface area contributed by atoms with Crippen molar-refractivity contribution in [3.05, 3.63) is 71.8 Å². The number of likely N-dealkylation sites (tertiary alicyclic amines) is 2. The topological polar surface area (TPSA) is 59.1 Å². The lowest BCUT2D eigenvalue weighted by Crippen LogP contribution is -2.53. The molecule has 0 aromatic heterocycles. The van der Waals surface area contributed by atoms with Crippen molar-refractivity contribution in [2.75, 3.05) is 0 Å². The lowest BCUT2D eigenvalue weighted by Gasteiger charge is -2.40. The van der Waals surface area contributed by atoms with Gasteiger partial charge in [-0.05, 0) is 11.1 Å². The Labute approximate surface area is 163 Å². The van der Waals surface area contributed by atoms with Gasteiger partial charge in [0.25, 0.3) is 0 Å². The van der Waals surface area contributed by atoms with E-state index < -0.39 is 12.5 Å². The number of ether oxygens (including phenoxy) is 2. The van der Waals surface area contributed by atoms with Crippen LogP contribution < -0.4 is 0 Å². The SMILES string of the molecule is O=C1C[C@@H]2O[C@H]3[C@H](CC(=O)N3Cc3ccccc3)O[C@@H]2N1Cc1ccccc1. The first kappa shape index (κ1) is 17.4. The highest BCUT2D eigenvalue weighted by molar-refractivity contribution is 5.81. The molecule has 0 saturated carbocycles. The molecule has 6 nitrogen and oxygen atoms in total. The molecule has 0 radical (unpaired) electrons. The fourth-order valence-corrected chi connectivity index (χ4v) is 4.29. The standard InChI is InChI=1S/C22H22N2O4/c25-19-11-17-21(23(19)13-15-7-3-1-4-8-15)27-18-12-20(26)24(22(18)28-17)14-16-9-5-2-6-10-16/h1-10,17-18,21-22H,11-14H2/t17-,18-,21-,22-/m0/s1. The number of benzene rings is 2. The monoisotopic (exact) mass is 378 g/mol. The van der Waals surface area contributed by atoms with Crippen molar-refractivity contribution in [1.29, 1.82) is 0 Å². The summed E-state index contributed by atoms with van der Waals surface area (Å²) in [5, 5.41) is 0. The van der Waals surface area contributed by atoms with Crippen molar-refractivity contribution >= 4 is 11.8 Å². The maximum absolute atomic E-state index is 12.6. The van der Waals surface area contributed by atoms with Crippen molar-refractivity contribution in [3.63, 3.8) is 0 Å². The number of hydrogen-bond acceptors (Lipinski definition) is 4. The van der Waals surface area contributed by atoms with Crippen LogP contribution in [0, 0.1) is 0 Å². The van der Waals surface area contributed by atoms with Gasteiger partial charge in [-0.3, -0.25) is 9.59 Å². The van der Waals surface area contributed by atoms with E-state index in [-0.39, 0.29) is 36.9 Å². The predicted molar refractivity (Wildman–Crippen MR) is 101 cm³/mol. The molecule has 0 N–H and O–H groups in total. The van der Waals surface area contributed by atoms with Crippen LogP contribution in [0.4, 0.5) is 0 Å². The van der Waals surface area contributed by atoms with Crippen molar-refractivity contribution in [2.45, 2.75) is 50.6 Å². The second-order valence-electron chi connectivity index (χ2n) is 7.55. The third-order valence-electron chi connectivity index (χ3n) is 5.66. The van der Waals surface area contributed by atoms with E-state index in [1.807, 2.05) is 60.7 Å². The van der Waals surface area contributed by atoms with Gasteiger partial charge in [0.05, 0.1) is 12.8 Å². The zero-order valence-electron chi connectivity index (χ0n) is 15.4. The third-order valence-corrected chi connectivity index (χ3v) is 5.66. The smallest absolute Gasteiger partial charge is 0.227 e. The Morgan fingerprint density at radius 2 is 1.07 bits per heavy atom. The summed E-state index contributed by atoms with van der Waals surface area (Å²) in [4.78, 5) is 28.6. The van der Waals surface area contributed by atoms with E-state index in [2.05, 4.69) is 0 Å². The quantitative estimate of drug-likeness (QED) is 0.819. The molecule has 28 heavy (non-hydrogen) atoms. The number of carbonyl (C=O) groups is 2. The first-order chi connectivity index (χ1) is 13.7. The molecule has 6 heteroatoms. The van der Waals surface area contributed by atoms with E-state index in [0.717, 1.165) is 11.1 Å². The van der Waals surface area contributed by atoms with Gasteiger partial charge in [-0.1, -0.05) is 60.7 Å². The largest absolute Gasteiger partial charge is 0.347 e. The summed E-state index contributed by atoms with van der Waals surface area (Å²) in [6, 6.07) is 19.7. The molecule has 0 unspecified atom stereocenters. The van der Waals surface area contributed by atoms with Crippen LogP contribution in [0.3, 0.4) is 0 Å². The van der Waals surface area contributed by atoms with Gasteiger partial charge in [0.1, 0.15) is 12.2 Å². The van der Waals surface area contributed by atoms with Crippen molar-refractivity contribution < 1.29 is 19.1 Å². The van der Waals surface area contributed by atoms with Crippen LogP contribution in [-0.4, -0.2) is 46.3 Å². The van der Waals surface area contributed by atoms with Gasteiger partial charge in [0, 0.05) is 13.1 Å². The van der Waals surface area contributed by atoms with Crippen molar-refractivity contribution in [1.82, 2.24) is 9.80 Å². The highest BCUT2D eigenvalue weighted by atomic mass is 16.6. The normalized spacial score (nSPS) is 29.1. The van der Waals surface area contributed by atoms with Gasteiger partial charge in [0.15, 0.2) is 12.5 Å². The van der Waals surface area contributed by atoms with Crippen molar-refractivity contribution in [3.8, 4) is 0 Å². The van der Waals surface area contributed by atoms with Crippen LogP contribution >= 0.6 is 0 Å². The summed E-state index contributed by atoms with van der Waals surface area (Å²) in [6.07, 6.45) is -0.984. The molecule has 0 aliphatic carbocycles. The van der Waals surface area contributed by atoms with Crippen LogP contribution in [0.15, 0.2) is 60.7 Å². The molecule has 2 aromatic carbocycles. The Morgan fingerprint density at radius 1 is 0.679 bits per heavy atom. The van der Waals surface area contributed by atoms with Gasteiger partial charge in [-0.15, -0.1) is 0 Å². The summed E-state index contributed by atoms with van der Waals surface area (Å²) < 4.78 is 12.5. The molecule has 0 spiro atoms. The summed E-state index contributed by atoms with van der Waals surface area (Å²) in [5.41, 5.74) is 2.10. The first-order valence-corrected chi connectivity index (χ1v) is 9.67. The van der Waals surface area contributed by atoms with E-state index >= 15 is 0 Å². The lowest BCUT2D eigenvalue weighted by atomic mass is 10.2. The van der Waals surface area contributed by atoms with Gasteiger partial charge in [-0.2, -0.15) is 0 Å². The minimum absolute atomic E-state index is 0.0276. The molecule has 3 heterocycles. The highest BCUT2D eigenvalue weighted by Crippen LogP contribution is 2.38. The van der Waals surface area contributed by atoms with Gasteiger partial charge < -0.3 is 19.3 Å². The van der Waals surface area contributed by atoms with Crippen LogP contribution in [0.1, 0.15) is 24.0 Å². The molecule has 2 aromatic rings. The summed E-state index contributed by atoms with van der Waals surface area (Å²) in [6.45, 7) is 0.979. The Bertz CT molecular complexity index is 799. The molecule has 5 rings (SSSR count). The maximum Gasteiger partial charge on any atom is 0.227 e. The number of amides is 2. The average molecular weight is 378 g/mol. The van der Waals surface area contributed by atoms with Crippen LogP contribution in [0.25, 0.3) is 0 Å². The molecule has 4 atom stereocenters. The Hall–Kier alpha value is -2.70. The number of hydrogen-bond donors (Lipinski definition) is 0. The molecule has 3 saturated heterocycles. The van der Waals surface area contributed by atoms with Crippen LogP contribution in [0.5, 0.6) is 0 Å². The molecule has 0 bridgehead atoms. The molecular formula is C22H22N2O4. The Kier molecular flexibility index (Phi) is 4.37. The first-order valence-electron chi connectivity index (χ1n) is 9.67. The predicted octanol–water partition coefficient (Wildman–Crippen LogP) is 2.29.